The van der Waals surface area contributed by atoms with Crippen molar-refractivity contribution >= 4 is 21.8 Å². The summed E-state index contributed by atoms with van der Waals surface area (Å²) in [7, 11) is 0. The Labute approximate surface area is 97.9 Å². The SMILES string of the molecule is CCOCCNC(=O)c1ccccc1Br. The maximum atomic E-state index is 11.6. The molecule has 1 aromatic rings. The summed E-state index contributed by atoms with van der Waals surface area (Å²) in [4.78, 5) is 11.6. The van der Waals surface area contributed by atoms with Crippen LogP contribution in [0.2, 0.25) is 0 Å². The van der Waals surface area contributed by atoms with Crippen LogP contribution in [0.4, 0.5) is 0 Å². The minimum Gasteiger partial charge on any atom is -0.380 e. The number of halogens is 1. The molecule has 0 aromatic heterocycles. The molecule has 15 heavy (non-hydrogen) atoms. The first-order valence-electron chi connectivity index (χ1n) is 4.86. The van der Waals surface area contributed by atoms with Crippen LogP contribution < -0.4 is 5.32 Å². The average molecular weight is 272 g/mol. The molecule has 0 bridgehead atoms. The first-order chi connectivity index (χ1) is 7.25. The molecule has 0 radical (unpaired) electrons. The van der Waals surface area contributed by atoms with Crippen molar-refractivity contribution in [3.63, 3.8) is 0 Å². The molecule has 1 aromatic carbocycles. The topological polar surface area (TPSA) is 38.3 Å². The summed E-state index contributed by atoms with van der Waals surface area (Å²) in [5.41, 5.74) is 0.647. The Kier molecular flexibility index (Phi) is 5.36. The highest BCUT2D eigenvalue weighted by molar-refractivity contribution is 9.10. The molecule has 0 spiro atoms. The van der Waals surface area contributed by atoms with E-state index in [4.69, 9.17) is 4.74 Å². The van der Waals surface area contributed by atoms with Gasteiger partial charge < -0.3 is 10.1 Å². The van der Waals surface area contributed by atoms with E-state index in [0.29, 0.717) is 25.3 Å². The van der Waals surface area contributed by atoms with Crippen LogP contribution in [-0.4, -0.2) is 25.7 Å². The summed E-state index contributed by atoms with van der Waals surface area (Å²) in [6.07, 6.45) is 0. The second-order valence-electron chi connectivity index (χ2n) is 2.93. The Balaban J connectivity index is 2.44. The van der Waals surface area contributed by atoms with E-state index >= 15 is 0 Å². The van der Waals surface area contributed by atoms with Crippen LogP contribution in [0.5, 0.6) is 0 Å². The summed E-state index contributed by atoms with van der Waals surface area (Å²) >= 11 is 3.33. The molecule has 0 fully saturated rings. The number of hydrogen-bond acceptors (Lipinski definition) is 2. The monoisotopic (exact) mass is 271 g/mol. The lowest BCUT2D eigenvalue weighted by atomic mass is 10.2. The van der Waals surface area contributed by atoms with Gasteiger partial charge in [0.2, 0.25) is 0 Å². The Bertz CT molecular complexity index is 328. The maximum absolute atomic E-state index is 11.6. The predicted molar refractivity (Wildman–Crippen MR) is 63.0 cm³/mol. The van der Waals surface area contributed by atoms with E-state index in [2.05, 4.69) is 21.2 Å². The van der Waals surface area contributed by atoms with Gasteiger partial charge >= 0.3 is 0 Å². The number of nitrogens with one attached hydrogen (secondary N) is 1. The molecule has 0 aliphatic carbocycles. The van der Waals surface area contributed by atoms with E-state index in [1.165, 1.54) is 0 Å². The zero-order chi connectivity index (χ0) is 11.1. The van der Waals surface area contributed by atoms with E-state index in [1.54, 1.807) is 6.07 Å². The Hall–Kier alpha value is -0.870. The third-order valence-corrected chi connectivity index (χ3v) is 2.55. The Morgan fingerprint density at radius 3 is 2.87 bits per heavy atom. The minimum atomic E-state index is -0.0813. The summed E-state index contributed by atoms with van der Waals surface area (Å²) in [5, 5.41) is 2.78. The molecular formula is C11H14BrNO2. The molecule has 3 nitrogen and oxygen atoms in total. The Morgan fingerprint density at radius 1 is 1.47 bits per heavy atom. The fourth-order valence-corrected chi connectivity index (χ4v) is 1.59. The summed E-state index contributed by atoms with van der Waals surface area (Å²) in [5.74, 6) is -0.0813. The summed E-state index contributed by atoms with van der Waals surface area (Å²) < 4.78 is 5.93. The first kappa shape index (κ1) is 12.2. The van der Waals surface area contributed by atoms with Crippen LogP contribution in [0.25, 0.3) is 0 Å². The van der Waals surface area contributed by atoms with Gasteiger partial charge in [-0.1, -0.05) is 12.1 Å². The number of carbonyl (C=O) groups excluding carboxylic acids is 1. The van der Waals surface area contributed by atoms with E-state index in [1.807, 2.05) is 25.1 Å². The van der Waals surface area contributed by atoms with Gasteiger partial charge in [0.25, 0.3) is 5.91 Å². The molecule has 1 N–H and O–H groups in total. The second kappa shape index (κ2) is 6.58. The lowest BCUT2D eigenvalue weighted by Gasteiger charge is -2.06. The molecule has 0 unspecified atom stereocenters. The molecule has 0 heterocycles. The number of amides is 1. The van der Waals surface area contributed by atoms with Crippen LogP contribution in [0.3, 0.4) is 0 Å². The van der Waals surface area contributed by atoms with Gasteiger partial charge in [0.15, 0.2) is 0 Å². The van der Waals surface area contributed by atoms with Gasteiger partial charge in [-0.3, -0.25) is 4.79 Å². The standard InChI is InChI=1S/C11H14BrNO2/c1-2-15-8-7-13-11(14)9-5-3-4-6-10(9)12/h3-6H,2,7-8H2,1H3,(H,13,14). The maximum Gasteiger partial charge on any atom is 0.252 e. The number of ether oxygens (including phenoxy) is 1. The van der Waals surface area contributed by atoms with Crippen molar-refractivity contribution in [3.8, 4) is 0 Å². The summed E-state index contributed by atoms with van der Waals surface area (Å²) in [6, 6.07) is 7.33. The molecule has 82 valence electrons. The van der Waals surface area contributed by atoms with Gasteiger partial charge in [-0.05, 0) is 35.0 Å². The van der Waals surface area contributed by atoms with Crippen molar-refractivity contribution in [2.45, 2.75) is 6.92 Å². The molecule has 0 atom stereocenters. The van der Waals surface area contributed by atoms with Crippen LogP contribution in [0.1, 0.15) is 17.3 Å². The molecule has 0 aliphatic rings. The summed E-state index contributed by atoms with van der Waals surface area (Å²) in [6.45, 7) is 3.68. The van der Waals surface area contributed by atoms with Crippen molar-refractivity contribution in [1.29, 1.82) is 0 Å². The molecule has 1 amide bonds. The fourth-order valence-electron chi connectivity index (χ4n) is 1.12. The minimum absolute atomic E-state index is 0.0813. The Morgan fingerprint density at radius 2 is 2.20 bits per heavy atom. The van der Waals surface area contributed by atoms with E-state index in [0.717, 1.165) is 4.47 Å². The third kappa shape index (κ3) is 4.01. The van der Waals surface area contributed by atoms with Crippen molar-refractivity contribution < 1.29 is 9.53 Å². The predicted octanol–water partition coefficient (Wildman–Crippen LogP) is 2.22. The van der Waals surface area contributed by atoms with Crippen molar-refractivity contribution in [3.05, 3.63) is 34.3 Å². The van der Waals surface area contributed by atoms with Crippen LogP contribution in [0.15, 0.2) is 28.7 Å². The van der Waals surface area contributed by atoms with Crippen LogP contribution in [0, 0.1) is 0 Å². The smallest absolute Gasteiger partial charge is 0.252 e. The van der Waals surface area contributed by atoms with Gasteiger partial charge in [0.05, 0.1) is 12.2 Å². The third-order valence-electron chi connectivity index (χ3n) is 1.85. The van der Waals surface area contributed by atoms with E-state index < -0.39 is 0 Å². The highest BCUT2D eigenvalue weighted by Crippen LogP contribution is 2.15. The molecule has 0 saturated heterocycles. The van der Waals surface area contributed by atoms with Crippen LogP contribution in [-0.2, 0) is 4.74 Å². The average Bonchev–Trinajstić information content (AvgIpc) is 2.25. The van der Waals surface area contributed by atoms with Crippen molar-refractivity contribution in [2.75, 3.05) is 19.8 Å². The molecule has 0 aliphatic heterocycles. The van der Waals surface area contributed by atoms with Gasteiger partial charge in [-0.2, -0.15) is 0 Å². The van der Waals surface area contributed by atoms with Gasteiger partial charge in [0, 0.05) is 17.6 Å². The number of hydrogen-bond donors (Lipinski definition) is 1. The molecule has 1 rings (SSSR count). The lowest BCUT2D eigenvalue weighted by molar-refractivity contribution is 0.0922. The van der Waals surface area contributed by atoms with Crippen LogP contribution >= 0.6 is 15.9 Å². The molecule has 0 saturated carbocycles. The molecular weight excluding hydrogens is 258 g/mol. The van der Waals surface area contributed by atoms with E-state index in [-0.39, 0.29) is 5.91 Å². The van der Waals surface area contributed by atoms with Gasteiger partial charge in [0.1, 0.15) is 0 Å². The lowest BCUT2D eigenvalue weighted by Crippen LogP contribution is -2.27. The second-order valence-corrected chi connectivity index (χ2v) is 3.79. The van der Waals surface area contributed by atoms with Crippen molar-refractivity contribution in [1.82, 2.24) is 5.32 Å². The van der Waals surface area contributed by atoms with Crippen molar-refractivity contribution in [2.24, 2.45) is 0 Å². The number of carbonyl (C=O) groups is 1. The largest absolute Gasteiger partial charge is 0.380 e. The zero-order valence-corrected chi connectivity index (χ0v) is 10.2. The number of benzene rings is 1. The highest BCUT2D eigenvalue weighted by atomic mass is 79.9. The van der Waals surface area contributed by atoms with Gasteiger partial charge in [-0.15, -0.1) is 0 Å². The quantitative estimate of drug-likeness (QED) is 0.835. The van der Waals surface area contributed by atoms with Gasteiger partial charge in [-0.25, -0.2) is 0 Å². The highest BCUT2D eigenvalue weighted by Gasteiger charge is 2.07. The fraction of sp³-hybridized carbons (Fsp3) is 0.364. The van der Waals surface area contributed by atoms with E-state index in [9.17, 15) is 4.79 Å². The number of rotatable bonds is 5. The zero-order valence-electron chi connectivity index (χ0n) is 8.63. The first-order valence-corrected chi connectivity index (χ1v) is 5.65. The normalized spacial score (nSPS) is 10.0. The molecule has 4 heteroatoms.